The van der Waals surface area contributed by atoms with Gasteiger partial charge in [-0.3, -0.25) is 4.79 Å². The highest BCUT2D eigenvalue weighted by Gasteiger charge is 2.23. The third-order valence-electron chi connectivity index (χ3n) is 3.32. The highest BCUT2D eigenvalue weighted by molar-refractivity contribution is 6.34. The number of nitrogens with two attached hydrogens (primary N) is 2. The topological polar surface area (TPSA) is 72.3 Å². The minimum absolute atomic E-state index is 0.411. The molecule has 4 nitrogen and oxygen atoms in total. The lowest BCUT2D eigenvalue weighted by Crippen LogP contribution is -2.36. The minimum atomic E-state index is -0.488. The lowest BCUT2D eigenvalue weighted by atomic mass is 9.98. The van der Waals surface area contributed by atoms with Gasteiger partial charge < -0.3 is 16.4 Å². The fourth-order valence-electron chi connectivity index (χ4n) is 2.52. The summed E-state index contributed by atoms with van der Waals surface area (Å²) in [6.45, 7) is 3.99. The van der Waals surface area contributed by atoms with Gasteiger partial charge >= 0.3 is 0 Å². The zero-order chi connectivity index (χ0) is 13.3. The van der Waals surface area contributed by atoms with Gasteiger partial charge in [-0.15, -0.1) is 0 Å². The maximum Gasteiger partial charge on any atom is 0.250 e. The number of hydrogen-bond donors (Lipinski definition) is 2. The maximum absolute atomic E-state index is 11.5. The lowest BCUT2D eigenvalue weighted by Gasteiger charge is -2.34. The number of amides is 1. The van der Waals surface area contributed by atoms with E-state index in [0.29, 0.717) is 22.2 Å². The highest BCUT2D eigenvalue weighted by atomic mass is 35.5. The van der Waals surface area contributed by atoms with Crippen LogP contribution in [-0.4, -0.2) is 19.0 Å². The van der Waals surface area contributed by atoms with Gasteiger partial charge in [-0.1, -0.05) is 18.5 Å². The van der Waals surface area contributed by atoms with Crippen molar-refractivity contribution in [3.05, 3.63) is 22.7 Å². The molecule has 0 aromatic heterocycles. The summed E-state index contributed by atoms with van der Waals surface area (Å²) in [5, 5.41) is 0.498. The Labute approximate surface area is 112 Å². The zero-order valence-corrected chi connectivity index (χ0v) is 11.2. The zero-order valence-electron chi connectivity index (χ0n) is 10.4. The normalized spacial score (nSPS) is 19.9. The Kier molecular flexibility index (Phi) is 3.66. The Morgan fingerprint density at radius 1 is 1.50 bits per heavy atom. The van der Waals surface area contributed by atoms with Crippen LogP contribution < -0.4 is 16.4 Å². The van der Waals surface area contributed by atoms with E-state index in [1.54, 1.807) is 12.1 Å². The number of primary amides is 1. The van der Waals surface area contributed by atoms with Crippen LogP contribution in [0.5, 0.6) is 0 Å². The smallest absolute Gasteiger partial charge is 0.250 e. The minimum Gasteiger partial charge on any atom is -0.399 e. The van der Waals surface area contributed by atoms with Crippen LogP contribution in [0.1, 0.15) is 30.1 Å². The lowest BCUT2D eigenvalue weighted by molar-refractivity contribution is 0.100. The fraction of sp³-hybridized carbons (Fsp3) is 0.462. The highest BCUT2D eigenvalue weighted by Crippen LogP contribution is 2.34. The molecular weight excluding hydrogens is 250 g/mol. The molecule has 0 aliphatic carbocycles. The Morgan fingerprint density at radius 3 is 2.83 bits per heavy atom. The fourth-order valence-corrected chi connectivity index (χ4v) is 2.87. The van der Waals surface area contributed by atoms with E-state index in [2.05, 4.69) is 11.8 Å². The summed E-state index contributed by atoms with van der Waals surface area (Å²) in [5.41, 5.74) is 12.7. The summed E-state index contributed by atoms with van der Waals surface area (Å²) in [5.74, 6) is 0.102. The molecule has 1 aliphatic rings. The van der Waals surface area contributed by atoms with Crippen LogP contribution in [0, 0.1) is 5.92 Å². The second kappa shape index (κ2) is 5.06. The molecule has 1 heterocycles. The number of nitrogens with zero attached hydrogens (tertiary/aromatic N) is 1. The number of piperidine rings is 1. The molecule has 98 valence electrons. The van der Waals surface area contributed by atoms with Gasteiger partial charge in [0.1, 0.15) is 0 Å². The van der Waals surface area contributed by atoms with Crippen LogP contribution in [0.15, 0.2) is 12.1 Å². The van der Waals surface area contributed by atoms with E-state index in [1.165, 1.54) is 6.42 Å². The summed E-state index contributed by atoms with van der Waals surface area (Å²) in [6, 6.07) is 3.27. The molecule has 1 atom stereocenters. The van der Waals surface area contributed by atoms with Crippen LogP contribution in [0.4, 0.5) is 11.4 Å². The number of halogens is 1. The molecule has 0 spiro atoms. The SMILES string of the molecule is CC1CCCN(c2c(Cl)cc(N)cc2C(N)=O)C1. The molecule has 0 radical (unpaired) electrons. The van der Waals surface area contributed by atoms with E-state index in [-0.39, 0.29) is 0 Å². The summed E-state index contributed by atoms with van der Waals surface area (Å²) in [4.78, 5) is 13.7. The Morgan fingerprint density at radius 2 is 2.22 bits per heavy atom. The third-order valence-corrected chi connectivity index (χ3v) is 3.61. The van der Waals surface area contributed by atoms with Crippen molar-refractivity contribution in [1.29, 1.82) is 0 Å². The van der Waals surface area contributed by atoms with E-state index < -0.39 is 5.91 Å². The molecule has 1 saturated heterocycles. The number of hydrogen-bond acceptors (Lipinski definition) is 3. The molecule has 2 rings (SSSR count). The number of rotatable bonds is 2. The van der Waals surface area contributed by atoms with Gasteiger partial charge in [0.2, 0.25) is 0 Å². The predicted octanol–water partition coefficient (Wildman–Crippen LogP) is 2.26. The first kappa shape index (κ1) is 13.0. The van der Waals surface area contributed by atoms with Crippen molar-refractivity contribution < 1.29 is 4.79 Å². The third kappa shape index (κ3) is 2.53. The molecule has 1 aromatic rings. The largest absolute Gasteiger partial charge is 0.399 e. The van der Waals surface area contributed by atoms with Crippen molar-refractivity contribution in [3.8, 4) is 0 Å². The van der Waals surface area contributed by atoms with Crippen LogP contribution in [0.25, 0.3) is 0 Å². The number of benzene rings is 1. The average molecular weight is 268 g/mol. The molecule has 1 aromatic carbocycles. The first-order valence-corrected chi connectivity index (χ1v) is 6.50. The van der Waals surface area contributed by atoms with Gasteiger partial charge in [-0.25, -0.2) is 0 Å². The van der Waals surface area contributed by atoms with Crippen molar-refractivity contribution in [2.75, 3.05) is 23.7 Å². The molecule has 1 unspecified atom stereocenters. The first-order chi connectivity index (χ1) is 8.49. The van der Waals surface area contributed by atoms with Gasteiger partial charge in [0.25, 0.3) is 5.91 Å². The van der Waals surface area contributed by atoms with E-state index in [0.717, 1.165) is 25.2 Å². The van der Waals surface area contributed by atoms with Gasteiger partial charge in [0, 0.05) is 18.8 Å². The van der Waals surface area contributed by atoms with Crippen molar-refractivity contribution >= 4 is 28.9 Å². The van der Waals surface area contributed by atoms with Crippen molar-refractivity contribution in [2.24, 2.45) is 11.7 Å². The molecular formula is C13H18ClN3O. The molecule has 1 aliphatic heterocycles. The van der Waals surface area contributed by atoms with Crippen LogP contribution in [0.3, 0.4) is 0 Å². The number of carbonyl (C=O) groups is 1. The number of anilines is 2. The molecule has 18 heavy (non-hydrogen) atoms. The molecule has 0 bridgehead atoms. The first-order valence-electron chi connectivity index (χ1n) is 6.13. The van der Waals surface area contributed by atoms with Crippen LogP contribution >= 0.6 is 11.6 Å². The molecule has 1 amide bonds. The standard InChI is InChI=1S/C13H18ClN3O/c1-8-3-2-4-17(7-8)12-10(13(16)18)5-9(15)6-11(12)14/h5-6,8H,2-4,7,15H2,1H3,(H2,16,18). The second-order valence-corrected chi connectivity index (χ2v) is 5.36. The number of carbonyl (C=O) groups excluding carboxylic acids is 1. The maximum atomic E-state index is 11.5. The number of nitrogen functional groups attached to an aromatic ring is 1. The second-order valence-electron chi connectivity index (χ2n) is 4.96. The summed E-state index contributed by atoms with van der Waals surface area (Å²) in [7, 11) is 0. The van der Waals surface area contributed by atoms with Crippen LogP contribution in [0.2, 0.25) is 5.02 Å². The van der Waals surface area contributed by atoms with Gasteiger partial charge in [0.15, 0.2) is 0 Å². The van der Waals surface area contributed by atoms with E-state index >= 15 is 0 Å². The van der Waals surface area contributed by atoms with Crippen LogP contribution in [-0.2, 0) is 0 Å². The van der Waals surface area contributed by atoms with Gasteiger partial charge in [-0.05, 0) is 30.9 Å². The van der Waals surface area contributed by atoms with Crippen molar-refractivity contribution in [1.82, 2.24) is 0 Å². The molecule has 1 fully saturated rings. The summed E-state index contributed by atoms with van der Waals surface area (Å²) < 4.78 is 0. The van der Waals surface area contributed by atoms with Crippen molar-refractivity contribution in [3.63, 3.8) is 0 Å². The monoisotopic (exact) mass is 267 g/mol. The summed E-state index contributed by atoms with van der Waals surface area (Å²) in [6.07, 6.45) is 2.30. The Balaban J connectivity index is 2.45. The summed E-state index contributed by atoms with van der Waals surface area (Å²) >= 11 is 6.23. The van der Waals surface area contributed by atoms with Gasteiger partial charge in [0.05, 0.1) is 16.3 Å². The Bertz CT molecular complexity index is 476. The van der Waals surface area contributed by atoms with E-state index in [9.17, 15) is 4.79 Å². The molecule has 0 saturated carbocycles. The van der Waals surface area contributed by atoms with E-state index in [1.807, 2.05) is 0 Å². The molecule has 4 N–H and O–H groups in total. The predicted molar refractivity (Wildman–Crippen MR) is 75.0 cm³/mol. The van der Waals surface area contributed by atoms with Gasteiger partial charge in [-0.2, -0.15) is 0 Å². The van der Waals surface area contributed by atoms with E-state index in [4.69, 9.17) is 23.1 Å². The quantitative estimate of drug-likeness (QED) is 0.808. The Hall–Kier alpha value is -1.42. The molecule has 5 heteroatoms. The van der Waals surface area contributed by atoms with Crippen molar-refractivity contribution in [2.45, 2.75) is 19.8 Å². The average Bonchev–Trinajstić information content (AvgIpc) is 2.27.